The fourth-order valence-electron chi connectivity index (χ4n) is 1.59. The average Bonchev–Trinajstić information content (AvgIpc) is 2.56. The fraction of sp³-hybridized carbons (Fsp3) is 0.0909. The molecule has 5 heteroatoms. The van der Waals surface area contributed by atoms with Crippen LogP contribution in [0.15, 0.2) is 40.5 Å². The van der Waals surface area contributed by atoms with Crippen LogP contribution in [0.4, 0.5) is 0 Å². The topological polar surface area (TPSA) is 81.7 Å². The van der Waals surface area contributed by atoms with E-state index in [4.69, 9.17) is 11.5 Å². The maximum absolute atomic E-state index is 5.18. The fourth-order valence-corrected chi connectivity index (χ4v) is 1.59. The Balaban J connectivity index is 2.42. The molecule has 0 amide bonds. The molecule has 5 nitrogen and oxygen atoms in total. The first kappa shape index (κ1) is 10.2. The van der Waals surface area contributed by atoms with Crippen LogP contribution in [0.5, 0.6) is 0 Å². The Morgan fingerprint density at radius 1 is 1.31 bits per heavy atom. The van der Waals surface area contributed by atoms with Gasteiger partial charge >= 0.3 is 0 Å². The average molecular weight is 215 g/mol. The van der Waals surface area contributed by atoms with Crippen LogP contribution in [-0.2, 0) is 7.05 Å². The van der Waals surface area contributed by atoms with Crippen molar-refractivity contribution in [2.45, 2.75) is 0 Å². The molecule has 0 radical (unpaired) electrons. The maximum atomic E-state index is 5.18. The lowest BCUT2D eigenvalue weighted by Crippen LogP contribution is -2.21. The summed E-state index contributed by atoms with van der Waals surface area (Å²) in [6.07, 6.45) is 1.62. The summed E-state index contributed by atoms with van der Waals surface area (Å²) in [6.45, 7) is 0. The van der Waals surface area contributed by atoms with E-state index in [0.29, 0.717) is 0 Å². The van der Waals surface area contributed by atoms with E-state index < -0.39 is 0 Å². The van der Waals surface area contributed by atoms with Crippen LogP contribution in [0.2, 0.25) is 0 Å². The number of benzene rings is 1. The van der Waals surface area contributed by atoms with Crippen molar-refractivity contribution in [2.75, 3.05) is 0 Å². The predicted molar refractivity (Wildman–Crippen MR) is 66.3 cm³/mol. The Morgan fingerprint density at radius 2 is 2.06 bits per heavy atom. The number of nitrogens with zero attached hydrogens (tertiary/aromatic N) is 3. The molecule has 82 valence electrons. The van der Waals surface area contributed by atoms with Crippen molar-refractivity contribution < 1.29 is 0 Å². The highest BCUT2D eigenvalue weighted by Crippen LogP contribution is 2.16. The van der Waals surface area contributed by atoms with Gasteiger partial charge in [-0.15, -0.1) is 5.10 Å². The van der Waals surface area contributed by atoms with Crippen LogP contribution in [0.3, 0.4) is 0 Å². The van der Waals surface area contributed by atoms with Crippen molar-refractivity contribution in [3.63, 3.8) is 0 Å². The zero-order valence-electron chi connectivity index (χ0n) is 8.96. The normalized spacial score (nSPS) is 11.1. The summed E-state index contributed by atoms with van der Waals surface area (Å²) in [5, 5.41) is 8.51. The van der Waals surface area contributed by atoms with Gasteiger partial charge in [-0.05, 0) is 12.1 Å². The number of hydrogen-bond acceptors (Lipinski definition) is 2. The summed E-state index contributed by atoms with van der Waals surface area (Å²) in [4.78, 5) is 0. The number of aromatic nitrogens is 1. The lowest BCUT2D eigenvalue weighted by atomic mass is 10.2. The second-order valence-electron chi connectivity index (χ2n) is 3.46. The Kier molecular flexibility index (Phi) is 2.59. The second-order valence-corrected chi connectivity index (χ2v) is 3.46. The van der Waals surface area contributed by atoms with E-state index in [0.717, 1.165) is 16.6 Å². The number of para-hydroxylation sites is 1. The maximum Gasteiger partial charge on any atom is 0.211 e. The van der Waals surface area contributed by atoms with E-state index >= 15 is 0 Å². The molecule has 0 saturated carbocycles. The van der Waals surface area contributed by atoms with Gasteiger partial charge < -0.3 is 16.0 Å². The minimum absolute atomic E-state index is 0.0463. The molecule has 0 unspecified atom stereocenters. The number of nitrogens with two attached hydrogens (primary N) is 2. The SMILES string of the molecule is Cn1c(/C=N/N=C(N)N)cc2ccccc21. The van der Waals surface area contributed by atoms with Gasteiger partial charge in [-0.2, -0.15) is 5.10 Å². The first-order chi connectivity index (χ1) is 7.68. The van der Waals surface area contributed by atoms with Crippen LogP contribution in [-0.4, -0.2) is 16.7 Å². The molecule has 0 bridgehead atoms. The zero-order chi connectivity index (χ0) is 11.5. The number of fused-ring (bicyclic) bond motifs is 1. The van der Waals surface area contributed by atoms with Crippen LogP contribution in [0, 0.1) is 0 Å². The minimum Gasteiger partial charge on any atom is -0.369 e. The molecular formula is C11H13N5. The molecule has 0 spiro atoms. The predicted octanol–water partition coefficient (Wildman–Crippen LogP) is 0.786. The quantitative estimate of drug-likeness (QED) is 0.441. The van der Waals surface area contributed by atoms with Gasteiger partial charge in [0.25, 0.3) is 0 Å². The highest BCUT2D eigenvalue weighted by Gasteiger charge is 2.01. The molecule has 1 aromatic carbocycles. The molecule has 0 aliphatic rings. The van der Waals surface area contributed by atoms with Crippen molar-refractivity contribution in [3.8, 4) is 0 Å². The monoisotopic (exact) mass is 215 g/mol. The van der Waals surface area contributed by atoms with Gasteiger partial charge in [0, 0.05) is 18.0 Å². The van der Waals surface area contributed by atoms with E-state index in [1.54, 1.807) is 6.21 Å². The van der Waals surface area contributed by atoms with Crippen molar-refractivity contribution in [1.29, 1.82) is 0 Å². The molecule has 2 rings (SSSR count). The third-order valence-corrected chi connectivity index (χ3v) is 2.35. The molecule has 0 aliphatic carbocycles. The van der Waals surface area contributed by atoms with Gasteiger partial charge in [-0.1, -0.05) is 18.2 Å². The van der Waals surface area contributed by atoms with Gasteiger partial charge in [0.1, 0.15) is 0 Å². The summed E-state index contributed by atoms with van der Waals surface area (Å²) >= 11 is 0. The largest absolute Gasteiger partial charge is 0.369 e. The molecule has 1 heterocycles. The lowest BCUT2D eigenvalue weighted by molar-refractivity contribution is 0.957. The Labute approximate surface area is 93.1 Å². The Bertz CT molecular complexity index is 561. The molecule has 16 heavy (non-hydrogen) atoms. The highest BCUT2D eigenvalue weighted by atomic mass is 15.3. The third-order valence-electron chi connectivity index (χ3n) is 2.35. The van der Waals surface area contributed by atoms with Crippen LogP contribution in [0.25, 0.3) is 10.9 Å². The summed E-state index contributed by atoms with van der Waals surface area (Å²) in [5.41, 5.74) is 12.5. The van der Waals surface area contributed by atoms with Gasteiger partial charge in [-0.3, -0.25) is 0 Å². The molecule has 1 aromatic heterocycles. The van der Waals surface area contributed by atoms with Crippen molar-refractivity contribution in [3.05, 3.63) is 36.0 Å². The van der Waals surface area contributed by atoms with E-state index in [-0.39, 0.29) is 5.96 Å². The molecule has 2 aromatic rings. The number of aryl methyl sites for hydroxylation is 1. The van der Waals surface area contributed by atoms with Crippen LogP contribution >= 0.6 is 0 Å². The van der Waals surface area contributed by atoms with E-state index in [9.17, 15) is 0 Å². The molecular weight excluding hydrogens is 202 g/mol. The number of hydrogen-bond donors (Lipinski definition) is 2. The standard InChI is InChI=1S/C11H13N5/c1-16-9(7-14-15-11(12)13)6-8-4-2-3-5-10(8)16/h2-7H,1H3,(H4,12,13,15)/b14-7+. The second kappa shape index (κ2) is 4.06. The van der Waals surface area contributed by atoms with Crippen LogP contribution < -0.4 is 11.5 Å². The summed E-state index contributed by atoms with van der Waals surface area (Å²) < 4.78 is 2.03. The molecule has 4 N–H and O–H groups in total. The minimum atomic E-state index is -0.0463. The van der Waals surface area contributed by atoms with E-state index in [1.807, 2.05) is 41.9 Å². The number of guanidine groups is 1. The third kappa shape index (κ3) is 1.88. The van der Waals surface area contributed by atoms with Gasteiger partial charge in [0.05, 0.1) is 11.9 Å². The molecule has 0 atom stereocenters. The molecule has 0 aliphatic heterocycles. The summed E-state index contributed by atoms with van der Waals surface area (Å²) in [5.74, 6) is -0.0463. The van der Waals surface area contributed by atoms with Crippen LogP contribution in [0.1, 0.15) is 5.69 Å². The molecule has 0 fully saturated rings. The number of rotatable bonds is 2. The lowest BCUT2D eigenvalue weighted by Gasteiger charge is -1.97. The van der Waals surface area contributed by atoms with Gasteiger partial charge in [0.15, 0.2) is 0 Å². The first-order valence-corrected chi connectivity index (χ1v) is 4.85. The van der Waals surface area contributed by atoms with Crippen molar-refractivity contribution in [2.24, 2.45) is 28.7 Å². The summed E-state index contributed by atoms with van der Waals surface area (Å²) in [7, 11) is 1.97. The summed E-state index contributed by atoms with van der Waals surface area (Å²) in [6, 6.07) is 10.1. The Hall–Kier alpha value is -2.30. The first-order valence-electron chi connectivity index (χ1n) is 4.85. The zero-order valence-corrected chi connectivity index (χ0v) is 8.96. The van der Waals surface area contributed by atoms with Crippen molar-refractivity contribution >= 4 is 23.1 Å². The highest BCUT2D eigenvalue weighted by molar-refractivity contribution is 5.90. The smallest absolute Gasteiger partial charge is 0.211 e. The van der Waals surface area contributed by atoms with E-state index in [1.165, 1.54) is 0 Å². The van der Waals surface area contributed by atoms with Gasteiger partial charge in [0.2, 0.25) is 5.96 Å². The Morgan fingerprint density at radius 3 is 2.75 bits per heavy atom. The molecule has 0 saturated heterocycles. The van der Waals surface area contributed by atoms with Crippen molar-refractivity contribution in [1.82, 2.24) is 4.57 Å². The van der Waals surface area contributed by atoms with E-state index in [2.05, 4.69) is 10.2 Å². The van der Waals surface area contributed by atoms with Gasteiger partial charge in [-0.25, -0.2) is 0 Å².